The highest BCUT2D eigenvalue weighted by molar-refractivity contribution is 6.32. The first kappa shape index (κ1) is 77.2. The molecule has 20 N–H and O–H groups in total. The molecule has 7 aliphatic rings. The number of benzene rings is 6. The molecule has 6 aromatic rings. The van der Waals surface area contributed by atoms with Crippen LogP contribution in [0, 0.1) is 0 Å². The average molecular weight is 1510 g/mol. The predicted molar refractivity (Wildman–Crippen MR) is 372 cm³/mol. The third-order valence-electron chi connectivity index (χ3n) is 18.8. The van der Waals surface area contributed by atoms with Crippen LogP contribution in [0.5, 0.6) is 51.7 Å². The van der Waals surface area contributed by atoms with Crippen LogP contribution in [0.25, 0.3) is 11.1 Å². The molecule has 2 fully saturated rings. The highest BCUT2D eigenvalue weighted by Gasteiger charge is 2.52. The van der Waals surface area contributed by atoms with Crippen molar-refractivity contribution in [1.82, 2.24) is 31.9 Å². The predicted octanol–water partition coefficient (Wildman–Crippen LogP) is 2.88. The van der Waals surface area contributed by atoms with Crippen LogP contribution >= 0.6 is 23.2 Å². The highest BCUT2D eigenvalue weighted by atomic mass is 35.5. The molecule has 13 rings (SSSR count). The van der Waals surface area contributed by atoms with Crippen molar-refractivity contribution in [3.63, 3.8) is 0 Å². The van der Waals surface area contributed by atoms with Crippen LogP contribution in [-0.4, -0.2) is 179 Å². The van der Waals surface area contributed by atoms with Gasteiger partial charge in [0.25, 0.3) is 0 Å². The number of hydrogen-bond donors (Lipinski definition) is 18. The van der Waals surface area contributed by atoms with Crippen LogP contribution in [0.1, 0.15) is 110 Å². The van der Waals surface area contributed by atoms with Crippen molar-refractivity contribution in [1.29, 1.82) is 0 Å². The van der Waals surface area contributed by atoms with Gasteiger partial charge in [0.15, 0.2) is 29.9 Å². The fourth-order valence-corrected chi connectivity index (χ4v) is 13.5. The van der Waals surface area contributed by atoms with E-state index < -0.39 is 219 Å². The minimum absolute atomic E-state index is 0.0975. The minimum atomic E-state index is -2.30. The van der Waals surface area contributed by atoms with Gasteiger partial charge in [-0.1, -0.05) is 59.6 Å². The highest BCUT2D eigenvalue weighted by Crippen LogP contribution is 2.50. The molecular weight excluding hydrogens is 1430 g/mol. The van der Waals surface area contributed by atoms with E-state index in [0.717, 1.165) is 91.6 Å². The molecule has 34 heteroatoms. The SMILES string of the molecule is C=CCCCCOc1cccc(CN[C@@]2(C)C[C@H](O[C@H]3[C@H](Oc4c5cc6cc4Oc4ccc(cc4Cl)[C@@H](O)[C@@H](N)C(=O)N[C@@H](CC(N)=O)C(=O)N[C@H]6C(=O)N[C@H]4C(=O)N[C@H](C(=O)N[C@H](C(=O)O)c6cc(O)cc(O)c6-c6cc4ccc6O)[C@H](O)c4ccc(c(Cl)c4)O5)O[C@H](CO)[C@@H](O)[C@@H]3O)O[C@@H](C)[C@H]2O)c1. The second-order valence-corrected chi connectivity index (χ2v) is 27.1. The number of carboxylic acid groups (broad SMARTS) is 1. The molecule has 7 heterocycles. The number of carboxylic acids is 1. The van der Waals surface area contributed by atoms with Crippen LogP contribution < -0.4 is 62.3 Å². The number of aliphatic hydroxyl groups is 6. The lowest BCUT2D eigenvalue weighted by molar-refractivity contribution is -0.334. The summed E-state index contributed by atoms with van der Waals surface area (Å²) in [5.41, 5.74) is 8.82. The number of carbonyl (C=O) groups is 7. The Labute approximate surface area is 614 Å². The molecule has 17 atom stereocenters. The van der Waals surface area contributed by atoms with E-state index in [1.54, 1.807) is 13.8 Å². The zero-order valence-electron chi connectivity index (χ0n) is 56.6. The number of aliphatic carboxylic acids is 1. The molecule has 2 saturated heterocycles. The number of primary amides is 1. The molecule has 0 aliphatic carbocycles. The van der Waals surface area contributed by atoms with Crippen LogP contribution in [0.3, 0.4) is 0 Å². The Bertz CT molecular complexity index is 4380. The Kier molecular flexibility index (Phi) is 23.6. The number of nitrogens with two attached hydrogens (primary N) is 2. The first-order chi connectivity index (χ1) is 50.4. The van der Waals surface area contributed by atoms with Gasteiger partial charge >= 0.3 is 5.97 Å². The van der Waals surface area contributed by atoms with E-state index in [2.05, 4.69) is 38.5 Å². The molecule has 6 amide bonds. The number of amides is 6. The summed E-state index contributed by atoms with van der Waals surface area (Å²) in [5, 5.41) is 129. The largest absolute Gasteiger partial charge is 0.508 e. The lowest BCUT2D eigenvalue weighted by Crippen LogP contribution is -2.65. The van der Waals surface area contributed by atoms with Crippen molar-refractivity contribution in [2.45, 2.75) is 156 Å². The molecule has 6 aromatic carbocycles. The van der Waals surface area contributed by atoms with Gasteiger partial charge in [-0.25, -0.2) is 4.79 Å². The summed E-state index contributed by atoms with van der Waals surface area (Å²) in [6, 6.07) is 8.17. The molecule has 11 bridgehead atoms. The molecule has 0 saturated carbocycles. The van der Waals surface area contributed by atoms with Crippen molar-refractivity contribution in [2.75, 3.05) is 13.2 Å². The van der Waals surface area contributed by atoms with Gasteiger partial charge in [-0.05, 0) is 128 Å². The number of unbranched alkanes of at least 4 members (excludes halogenated alkanes) is 2. The van der Waals surface area contributed by atoms with E-state index in [1.165, 1.54) is 12.1 Å². The number of aliphatic hydroxyl groups excluding tert-OH is 6. The molecule has 0 spiro atoms. The summed E-state index contributed by atoms with van der Waals surface area (Å²) in [4.78, 5) is 101. The van der Waals surface area contributed by atoms with Crippen LogP contribution in [0.4, 0.5) is 0 Å². The lowest BCUT2D eigenvalue weighted by atomic mass is 9.84. The average Bonchev–Trinajstić information content (AvgIpc) is 0.768. The van der Waals surface area contributed by atoms with Gasteiger partial charge in [0.1, 0.15) is 95.2 Å². The minimum Gasteiger partial charge on any atom is -0.508 e. The van der Waals surface area contributed by atoms with Crippen LogP contribution in [0.15, 0.2) is 116 Å². The topological polar surface area (TPSA) is 511 Å². The van der Waals surface area contributed by atoms with Crippen molar-refractivity contribution in [3.05, 3.63) is 159 Å². The zero-order chi connectivity index (χ0) is 76.3. The third kappa shape index (κ3) is 16.7. The third-order valence-corrected chi connectivity index (χ3v) is 19.4. The number of allylic oxidation sites excluding steroid dienone is 1. The van der Waals surface area contributed by atoms with Gasteiger partial charge in [-0.15, -0.1) is 6.58 Å². The van der Waals surface area contributed by atoms with Gasteiger partial charge in [-0.2, -0.15) is 0 Å². The van der Waals surface area contributed by atoms with E-state index >= 15 is 14.4 Å². The fourth-order valence-electron chi connectivity index (χ4n) is 13.1. The maximum absolute atomic E-state index is 15.9. The maximum atomic E-state index is 15.9. The van der Waals surface area contributed by atoms with E-state index in [0.29, 0.717) is 12.4 Å². The summed E-state index contributed by atoms with van der Waals surface area (Å²) < 4.78 is 45.1. The van der Waals surface area contributed by atoms with E-state index in [4.69, 9.17) is 67.8 Å². The smallest absolute Gasteiger partial charge is 0.330 e. The van der Waals surface area contributed by atoms with Gasteiger partial charge in [0.05, 0.1) is 41.9 Å². The molecule has 32 nitrogen and oxygen atoms in total. The van der Waals surface area contributed by atoms with Crippen LogP contribution in [0.2, 0.25) is 10.0 Å². The molecule has 0 aromatic heterocycles. The molecule has 564 valence electrons. The second-order valence-electron chi connectivity index (χ2n) is 26.3. The van der Waals surface area contributed by atoms with Crippen molar-refractivity contribution in [2.24, 2.45) is 11.5 Å². The standard InChI is InChI=1S/C72H78Cl2N8O24/c1-4-5-6-7-17-100-37-10-8-9-31(18-37)28-77-72(3)27-51(101-30(2)64(72)92)105-63-61(91)60(90)49(29-83)104-71(63)106-62-47-22-35-23-48(62)103-46-16-13-34(21-41(46)74)59(89)57-69(97)81-56(70(98)99)39-24-36(84)25-44(86)52(39)38-19-32(11-14-43(38)85)54(67(95)82-57)80-68(96)55(35)79-65(93)42(26-50(75)87)78-66(94)53(76)58(88)33-12-15-45(102-47)40(73)20-33/h4,8-16,18-25,30,42,49,51,53-61,63-64,71,77,83-86,88-92H,1,5-7,17,26-29,76H2,2-3H3,(H2,75,87)(H,78,94)(H,79,93)(H,80,96)(H,81,97)(H,82,95)(H,98,99)/t30-,42-,49+,51-,53+,54+,55+,56-,57-,58+,59+,60+,61-,63+,64+,71-,72-/m0/s1. The maximum Gasteiger partial charge on any atom is 0.330 e. The summed E-state index contributed by atoms with van der Waals surface area (Å²) in [5.74, 6) is -14.1. The number of hydrogen-bond acceptors (Lipinski definition) is 25. The van der Waals surface area contributed by atoms with E-state index in [1.807, 2.05) is 30.3 Å². The number of aromatic hydroxyl groups is 3. The van der Waals surface area contributed by atoms with Gasteiger partial charge < -0.3 is 128 Å². The van der Waals surface area contributed by atoms with Crippen molar-refractivity contribution >= 4 is 64.6 Å². The Morgan fingerprint density at radius 3 is 2.02 bits per heavy atom. The monoisotopic (exact) mass is 1510 g/mol. The number of carbonyl (C=O) groups excluding carboxylic acids is 6. The zero-order valence-corrected chi connectivity index (χ0v) is 58.1. The van der Waals surface area contributed by atoms with Gasteiger partial charge in [0, 0.05) is 41.3 Å². The number of halogens is 2. The molecule has 7 aliphatic heterocycles. The summed E-state index contributed by atoms with van der Waals surface area (Å²) in [7, 11) is 0. The first-order valence-electron chi connectivity index (χ1n) is 33.5. The summed E-state index contributed by atoms with van der Waals surface area (Å²) >= 11 is 14.1. The molecular formula is C72H78Cl2N8O24. The molecule has 106 heavy (non-hydrogen) atoms. The summed E-state index contributed by atoms with van der Waals surface area (Å²) in [6.07, 6.45) is -14.0. The van der Waals surface area contributed by atoms with Gasteiger partial charge in [-0.3, -0.25) is 28.8 Å². The Balaban J connectivity index is 1.08. The van der Waals surface area contributed by atoms with Crippen molar-refractivity contribution < 1.29 is 118 Å². The number of fused-ring (bicyclic) bond motifs is 15. The number of nitrogens with one attached hydrogen (secondary N) is 6. The number of phenolic OH excluding ortho intramolecular Hbond substituents is 3. The molecule has 0 radical (unpaired) electrons. The Morgan fingerprint density at radius 2 is 1.37 bits per heavy atom. The van der Waals surface area contributed by atoms with Crippen LogP contribution in [-0.2, 0) is 54.3 Å². The van der Waals surface area contributed by atoms with Gasteiger partial charge in [0.2, 0.25) is 47.5 Å². The molecule has 0 unspecified atom stereocenters. The summed E-state index contributed by atoms with van der Waals surface area (Å²) in [6.45, 7) is 6.76. The van der Waals surface area contributed by atoms with E-state index in [9.17, 15) is 70.2 Å². The van der Waals surface area contributed by atoms with Crippen molar-refractivity contribution in [3.8, 4) is 62.9 Å². The van der Waals surface area contributed by atoms with E-state index in [-0.39, 0.29) is 46.2 Å². The Morgan fingerprint density at radius 1 is 0.717 bits per heavy atom. The fraction of sp³-hybridized carbons (Fsp3) is 0.375. The Hall–Kier alpha value is -9.91. The number of rotatable bonds is 17. The number of ether oxygens (including phenoxy) is 7. The number of phenols is 3. The normalized spacial score (nSPS) is 28.2. The second kappa shape index (κ2) is 32.4. The quantitative estimate of drug-likeness (QED) is 0.0461. The lowest BCUT2D eigenvalue weighted by Gasteiger charge is -2.48. The first-order valence-corrected chi connectivity index (χ1v) is 34.2.